The second-order valence-corrected chi connectivity index (χ2v) is 17.6. The molecule has 0 spiro atoms. The zero-order valence-electron chi connectivity index (χ0n) is 45.9. The van der Waals surface area contributed by atoms with Gasteiger partial charge in [-0.05, 0) is 67.9 Å². The van der Waals surface area contributed by atoms with Gasteiger partial charge < -0.3 is 71.1 Å². The van der Waals surface area contributed by atoms with E-state index in [9.17, 15) is 9.59 Å². The van der Waals surface area contributed by atoms with Crippen LogP contribution in [0.15, 0.2) is 151 Å². The number of esters is 2. The molecule has 0 amide bonds. The number of rotatable bonds is 46. The van der Waals surface area contributed by atoms with E-state index in [2.05, 4.69) is 85.5 Å². The molecule has 2 aromatic rings. The van der Waals surface area contributed by atoms with Crippen molar-refractivity contribution in [2.24, 2.45) is 10.8 Å². The molecule has 2 aromatic carbocycles. The Kier molecular flexibility index (Phi) is 42.4. The average Bonchev–Trinajstić information content (AvgIpc) is 3.42. The summed E-state index contributed by atoms with van der Waals surface area (Å²) >= 11 is 0. The van der Waals surface area contributed by atoms with Gasteiger partial charge in [-0.3, -0.25) is 0 Å². The van der Waals surface area contributed by atoms with E-state index in [1.165, 1.54) is 36.2 Å². The molecule has 0 aliphatic carbocycles. The molecule has 76 heavy (non-hydrogen) atoms. The standard InChI is InChI=1S/C28H44O9.C17H24O4.C14H20O4/c1-7-13-15-27(16-14-8-2,22-37-26(29)9-3)17-33-18-28(19-34-23-30-10-4,20-35-24-31-11-5)21-36-25-32-12-6;1-5-16(18)21-13-11-19-10-12-20-15-8-6-14(7-9-15)17(2,3)4;1-3-15-12-17-9-8-16-10-11-18-14-6-4-13(2)5-7-14/h7-12H,1-6,13-25H2;5-9H,1,10-13H2,2-4H3;3-7H,1,8-12H2,2H3. The van der Waals surface area contributed by atoms with Gasteiger partial charge in [-0.1, -0.05) is 102 Å². The lowest BCUT2D eigenvalue weighted by atomic mass is 9.80. The minimum atomic E-state index is -0.750. The van der Waals surface area contributed by atoms with Crippen molar-refractivity contribution in [2.45, 2.75) is 58.8 Å². The van der Waals surface area contributed by atoms with Crippen molar-refractivity contribution < 1.29 is 80.6 Å². The van der Waals surface area contributed by atoms with Gasteiger partial charge in [0, 0.05) is 17.6 Å². The summed E-state index contributed by atoms with van der Waals surface area (Å²) < 4.78 is 80.5. The zero-order chi connectivity index (χ0) is 56.4. The lowest BCUT2D eigenvalue weighted by Crippen LogP contribution is -2.44. The summed E-state index contributed by atoms with van der Waals surface area (Å²) in [6, 6.07) is 16.0. The highest BCUT2D eigenvalue weighted by molar-refractivity contribution is 5.81. The van der Waals surface area contributed by atoms with Crippen LogP contribution < -0.4 is 9.47 Å². The van der Waals surface area contributed by atoms with Crippen LogP contribution in [0.25, 0.3) is 0 Å². The summed E-state index contributed by atoms with van der Waals surface area (Å²) in [5.74, 6) is 0.760. The highest BCUT2D eigenvalue weighted by atomic mass is 16.7. The monoisotopic (exact) mass is 1070 g/mol. The van der Waals surface area contributed by atoms with Crippen LogP contribution in [0.1, 0.15) is 57.6 Å². The van der Waals surface area contributed by atoms with E-state index in [1.54, 1.807) is 0 Å². The normalized spacial score (nSPS) is 10.8. The van der Waals surface area contributed by atoms with Crippen molar-refractivity contribution in [3.05, 3.63) is 162 Å². The number of allylic oxidation sites excluding steroid dienone is 2. The van der Waals surface area contributed by atoms with Crippen molar-refractivity contribution in [3.8, 4) is 11.5 Å². The quantitative estimate of drug-likeness (QED) is 0.0153. The van der Waals surface area contributed by atoms with Crippen LogP contribution in [0.5, 0.6) is 11.5 Å². The lowest BCUT2D eigenvalue weighted by Gasteiger charge is -2.36. The number of ether oxygens (including phenoxy) is 15. The minimum Gasteiger partial charge on any atom is -0.491 e. The summed E-state index contributed by atoms with van der Waals surface area (Å²) in [6.07, 6.45) is 14.0. The summed E-state index contributed by atoms with van der Waals surface area (Å²) in [5.41, 5.74) is 1.43. The number of hydrogen-bond acceptors (Lipinski definition) is 17. The van der Waals surface area contributed by atoms with Gasteiger partial charge in [0.05, 0.1) is 103 Å². The van der Waals surface area contributed by atoms with Gasteiger partial charge >= 0.3 is 11.9 Å². The summed E-state index contributed by atoms with van der Waals surface area (Å²) in [6.45, 7) is 42.0. The van der Waals surface area contributed by atoms with Crippen LogP contribution in [0, 0.1) is 17.8 Å². The Balaban J connectivity index is 0.00000121. The van der Waals surface area contributed by atoms with E-state index in [0.29, 0.717) is 65.7 Å². The maximum absolute atomic E-state index is 11.8. The smallest absolute Gasteiger partial charge is 0.330 e. The van der Waals surface area contributed by atoms with Crippen LogP contribution >= 0.6 is 0 Å². The number of hydrogen-bond donors (Lipinski definition) is 0. The van der Waals surface area contributed by atoms with E-state index in [4.69, 9.17) is 71.1 Å². The fourth-order valence-corrected chi connectivity index (χ4v) is 6.21. The van der Waals surface area contributed by atoms with E-state index >= 15 is 0 Å². The molecule has 0 atom stereocenters. The van der Waals surface area contributed by atoms with Crippen molar-refractivity contribution in [2.75, 3.05) is 120 Å². The predicted octanol–water partition coefficient (Wildman–Crippen LogP) is 10.7. The first kappa shape index (κ1) is 69.8. The number of carbonyl (C=O) groups is 2. The molecule has 0 radical (unpaired) electrons. The molecule has 0 aromatic heterocycles. The molecule has 2 rings (SSSR count). The topological polar surface area (TPSA) is 173 Å². The lowest BCUT2D eigenvalue weighted by molar-refractivity contribution is -0.164. The third kappa shape index (κ3) is 37.5. The fourth-order valence-electron chi connectivity index (χ4n) is 6.21. The van der Waals surface area contributed by atoms with E-state index in [1.807, 2.05) is 55.5 Å². The van der Waals surface area contributed by atoms with Gasteiger partial charge in [0.25, 0.3) is 0 Å². The van der Waals surface area contributed by atoms with Crippen LogP contribution in [0.2, 0.25) is 0 Å². The predicted molar refractivity (Wildman–Crippen MR) is 294 cm³/mol. The average molecular weight is 1070 g/mol. The largest absolute Gasteiger partial charge is 0.491 e. The second kappa shape index (κ2) is 46.1. The molecule has 0 bridgehead atoms. The zero-order valence-corrected chi connectivity index (χ0v) is 45.9. The highest BCUT2D eigenvalue weighted by Gasteiger charge is 2.36. The fraction of sp³-hybridized carbons (Fsp3) is 0.492. The number of benzene rings is 2. The molecule has 0 saturated heterocycles. The molecule has 17 heteroatoms. The number of aryl methyl sites for hydroxylation is 1. The van der Waals surface area contributed by atoms with Crippen molar-refractivity contribution >= 4 is 11.9 Å². The maximum Gasteiger partial charge on any atom is 0.330 e. The molecule has 0 aliphatic rings. The van der Waals surface area contributed by atoms with Gasteiger partial charge in [-0.15, -0.1) is 13.2 Å². The Labute approximate surface area is 453 Å². The van der Waals surface area contributed by atoms with Gasteiger partial charge in [-0.25, -0.2) is 9.59 Å². The molecule has 0 fully saturated rings. The summed E-state index contributed by atoms with van der Waals surface area (Å²) in [7, 11) is 0. The Morgan fingerprint density at radius 2 is 0.816 bits per heavy atom. The minimum absolute atomic E-state index is 0.00230. The van der Waals surface area contributed by atoms with Gasteiger partial charge in [0.1, 0.15) is 31.3 Å². The Bertz CT molecular complexity index is 1800. The van der Waals surface area contributed by atoms with Crippen molar-refractivity contribution in [1.82, 2.24) is 0 Å². The molecular formula is C59H88O17. The molecule has 0 N–H and O–H groups in total. The van der Waals surface area contributed by atoms with Crippen LogP contribution in [0.3, 0.4) is 0 Å². The maximum atomic E-state index is 11.8. The Hall–Kier alpha value is -6.18. The SMILES string of the molecule is C=CC(=O)OCCOCCOc1ccc(C(C)(C)C)cc1.C=CCCC(CCC=C)(COCC(COCOC=C)(COCOC=C)COCOC=C)COC(=O)C=C.C=COCOCCOCCOc1ccc(C)cc1. The molecule has 0 saturated carbocycles. The molecule has 17 nitrogen and oxygen atoms in total. The molecule has 0 heterocycles. The highest BCUT2D eigenvalue weighted by Crippen LogP contribution is 2.33. The summed E-state index contributed by atoms with van der Waals surface area (Å²) in [5, 5.41) is 0. The molecule has 426 valence electrons. The van der Waals surface area contributed by atoms with E-state index < -0.39 is 22.8 Å². The van der Waals surface area contributed by atoms with Crippen LogP contribution in [0.4, 0.5) is 0 Å². The molecular weight excluding hydrogens is 981 g/mol. The third-order valence-electron chi connectivity index (χ3n) is 10.3. The van der Waals surface area contributed by atoms with Gasteiger partial charge in [-0.2, -0.15) is 0 Å². The third-order valence-corrected chi connectivity index (χ3v) is 10.3. The van der Waals surface area contributed by atoms with E-state index in [0.717, 1.165) is 36.5 Å². The van der Waals surface area contributed by atoms with Crippen LogP contribution in [-0.4, -0.2) is 132 Å². The van der Waals surface area contributed by atoms with Gasteiger partial charge in [0.2, 0.25) is 0 Å². The second-order valence-electron chi connectivity index (χ2n) is 17.6. The Morgan fingerprint density at radius 1 is 0.434 bits per heavy atom. The van der Waals surface area contributed by atoms with Crippen LogP contribution in [-0.2, 0) is 76.6 Å². The first-order valence-corrected chi connectivity index (χ1v) is 24.9. The summed E-state index contributed by atoms with van der Waals surface area (Å²) in [4.78, 5) is 22.6. The first-order chi connectivity index (χ1) is 36.7. The van der Waals surface area contributed by atoms with Crippen molar-refractivity contribution in [3.63, 3.8) is 0 Å². The van der Waals surface area contributed by atoms with Crippen molar-refractivity contribution in [1.29, 1.82) is 0 Å². The van der Waals surface area contributed by atoms with E-state index in [-0.39, 0.29) is 72.2 Å². The first-order valence-electron chi connectivity index (χ1n) is 24.9. The Morgan fingerprint density at radius 3 is 1.25 bits per heavy atom. The van der Waals surface area contributed by atoms with Gasteiger partial charge in [0.15, 0.2) is 27.2 Å². The number of carbonyl (C=O) groups excluding carboxylic acids is 2. The molecule has 0 aliphatic heterocycles. The molecule has 0 unspecified atom stereocenters.